The van der Waals surface area contributed by atoms with Crippen LogP contribution in [0, 0.1) is 10.1 Å². The molecule has 0 aliphatic carbocycles. The number of para-hydroxylation sites is 2. The van der Waals surface area contributed by atoms with Crippen molar-refractivity contribution in [2.24, 2.45) is 4.99 Å². The van der Waals surface area contributed by atoms with Crippen molar-refractivity contribution < 1.29 is 4.92 Å². The van der Waals surface area contributed by atoms with E-state index >= 15 is 0 Å². The molecule has 0 atom stereocenters. The lowest BCUT2D eigenvalue weighted by Crippen LogP contribution is -2.48. The second-order valence-electron chi connectivity index (χ2n) is 6.18. The summed E-state index contributed by atoms with van der Waals surface area (Å²) in [6.07, 6.45) is 0. The zero-order valence-electron chi connectivity index (χ0n) is 12.9. The second-order valence-corrected chi connectivity index (χ2v) is 7.85. The number of nitro benzene ring substituents is 1. The molecule has 0 saturated carbocycles. The van der Waals surface area contributed by atoms with E-state index in [1.54, 1.807) is 12.1 Å². The van der Waals surface area contributed by atoms with E-state index in [4.69, 9.17) is 0 Å². The molecule has 7 heteroatoms. The maximum absolute atomic E-state index is 11.2. The second kappa shape index (κ2) is 5.79. The molecule has 0 aromatic heterocycles. The van der Waals surface area contributed by atoms with Crippen LogP contribution in [-0.4, -0.2) is 52.5 Å². The van der Waals surface area contributed by atoms with Crippen molar-refractivity contribution in [2.75, 3.05) is 37.6 Å². The molecule has 1 saturated heterocycles. The lowest BCUT2D eigenvalue weighted by molar-refractivity contribution is -0.384. The van der Waals surface area contributed by atoms with Crippen molar-refractivity contribution in [1.82, 2.24) is 4.90 Å². The van der Waals surface area contributed by atoms with Crippen molar-refractivity contribution in [3.05, 3.63) is 34.4 Å². The maximum Gasteiger partial charge on any atom is 0.292 e. The molecule has 1 aromatic carbocycles. The van der Waals surface area contributed by atoms with Gasteiger partial charge in [-0.05, 0) is 19.9 Å². The maximum atomic E-state index is 11.2. The van der Waals surface area contributed by atoms with Crippen molar-refractivity contribution in [2.45, 2.75) is 18.6 Å². The molecule has 2 aliphatic rings. The van der Waals surface area contributed by atoms with E-state index in [2.05, 4.69) is 28.6 Å². The van der Waals surface area contributed by atoms with E-state index < -0.39 is 0 Å². The molecule has 0 N–H and O–H groups in total. The van der Waals surface area contributed by atoms with Crippen molar-refractivity contribution in [3.8, 4) is 0 Å². The highest BCUT2D eigenvalue weighted by molar-refractivity contribution is 8.15. The van der Waals surface area contributed by atoms with E-state index in [0.717, 1.165) is 37.9 Å². The van der Waals surface area contributed by atoms with E-state index in [9.17, 15) is 10.1 Å². The molecule has 0 radical (unpaired) electrons. The molecule has 0 spiro atoms. The van der Waals surface area contributed by atoms with Gasteiger partial charge in [0.1, 0.15) is 5.69 Å². The first-order chi connectivity index (χ1) is 10.5. The third-order valence-corrected chi connectivity index (χ3v) is 5.18. The number of nitro groups is 1. The van der Waals surface area contributed by atoms with E-state index in [0.29, 0.717) is 5.69 Å². The van der Waals surface area contributed by atoms with Gasteiger partial charge >= 0.3 is 0 Å². The van der Waals surface area contributed by atoms with Crippen LogP contribution in [0.1, 0.15) is 13.8 Å². The number of aliphatic imine (C=N–C) groups is 1. The van der Waals surface area contributed by atoms with Gasteiger partial charge in [0.2, 0.25) is 0 Å². The standard InChI is InChI=1S/C15H20N4O2S/c1-15(2)11-16-14(22-15)18-9-7-17(8-10-18)12-5-3-4-6-13(12)19(20)21/h3-6H,7-11H2,1-2H3. The minimum atomic E-state index is -0.304. The van der Waals surface area contributed by atoms with Crippen molar-refractivity contribution in [3.63, 3.8) is 0 Å². The zero-order chi connectivity index (χ0) is 15.7. The molecule has 1 fully saturated rings. The Kier molecular flexibility index (Phi) is 3.99. The first-order valence-corrected chi connectivity index (χ1v) is 8.25. The average molecular weight is 320 g/mol. The van der Waals surface area contributed by atoms with Gasteiger partial charge in [-0.15, -0.1) is 0 Å². The third kappa shape index (κ3) is 3.04. The Labute approximate surface area is 134 Å². The predicted octanol–water partition coefficient (Wildman–Crippen LogP) is 2.60. The summed E-state index contributed by atoms with van der Waals surface area (Å²) in [5.41, 5.74) is 0.901. The quantitative estimate of drug-likeness (QED) is 0.619. The Morgan fingerprint density at radius 1 is 1.18 bits per heavy atom. The summed E-state index contributed by atoms with van der Waals surface area (Å²) in [4.78, 5) is 19.9. The highest BCUT2D eigenvalue weighted by Crippen LogP contribution is 2.34. The van der Waals surface area contributed by atoms with Gasteiger partial charge in [-0.25, -0.2) is 0 Å². The Bertz CT molecular complexity index is 609. The molecule has 0 unspecified atom stereocenters. The van der Waals surface area contributed by atoms with Gasteiger partial charge in [-0.1, -0.05) is 23.9 Å². The fraction of sp³-hybridized carbons (Fsp3) is 0.533. The summed E-state index contributed by atoms with van der Waals surface area (Å²) >= 11 is 1.83. The van der Waals surface area contributed by atoms with Crippen LogP contribution in [0.25, 0.3) is 0 Å². The molecule has 0 amide bonds. The minimum absolute atomic E-state index is 0.185. The molecule has 3 rings (SSSR count). The van der Waals surface area contributed by atoms with Crippen LogP contribution in [0.2, 0.25) is 0 Å². The van der Waals surface area contributed by atoms with Crippen LogP contribution in [0.3, 0.4) is 0 Å². The number of nitrogens with zero attached hydrogens (tertiary/aromatic N) is 4. The van der Waals surface area contributed by atoms with Crippen LogP contribution < -0.4 is 4.90 Å². The number of hydrogen-bond acceptors (Lipinski definition) is 6. The first kappa shape index (κ1) is 15.1. The predicted molar refractivity (Wildman–Crippen MR) is 90.9 cm³/mol. The summed E-state index contributed by atoms with van der Waals surface area (Å²) in [7, 11) is 0. The zero-order valence-corrected chi connectivity index (χ0v) is 13.7. The molecule has 0 bridgehead atoms. The van der Waals surface area contributed by atoms with Gasteiger partial charge in [0.05, 0.1) is 11.5 Å². The number of amidine groups is 1. The van der Waals surface area contributed by atoms with Gasteiger partial charge in [0.15, 0.2) is 5.17 Å². The molecule has 1 aromatic rings. The average Bonchev–Trinajstić information content (AvgIpc) is 2.87. The van der Waals surface area contributed by atoms with E-state index in [1.807, 2.05) is 23.9 Å². The lowest BCUT2D eigenvalue weighted by Gasteiger charge is -2.36. The van der Waals surface area contributed by atoms with Gasteiger partial charge in [-0.3, -0.25) is 15.1 Å². The highest BCUT2D eigenvalue weighted by atomic mass is 32.2. The Hall–Kier alpha value is -1.76. The van der Waals surface area contributed by atoms with Crippen LogP contribution in [0.15, 0.2) is 29.3 Å². The minimum Gasteiger partial charge on any atom is -0.362 e. The Morgan fingerprint density at radius 3 is 2.41 bits per heavy atom. The topological polar surface area (TPSA) is 62.0 Å². The summed E-state index contributed by atoms with van der Waals surface area (Å²) in [6, 6.07) is 6.97. The number of piperazine rings is 1. The lowest BCUT2D eigenvalue weighted by atomic mass is 10.2. The fourth-order valence-corrected chi connectivity index (χ4v) is 3.82. The van der Waals surface area contributed by atoms with Gasteiger partial charge in [0.25, 0.3) is 5.69 Å². The summed E-state index contributed by atoms with van der Waals surface area (Å²) in [5.74, 6) is 0. The summed E-state index contributed by atoms with van der Waals surface area (Å²) in [5, 5.41) is 12.3. The van der Waals surface area contributed by atoms with Crippen LogP contribution in [0.4, 0.5) is 11.4 Å². The molecule has 6 nitrogen and oxygen atoms in total. The number of hydrogen-bond donors (Lipinski definition) is 0. The Morgan fingerprint density at radius 2 is 1.82 bits per heavy atom. The van der Waals surface area contributed by atoms with Crippen molar-refractivity contribution in [1.29, 1.82) is 0 Å². The monoisotopic (exact) mass is 320 g/mol. The normalized spacial score (nSPS) is 20.9. The van der Waals surface area contributed by atoms with Gasteiger partial charge < -0.3 is 9.80 Å². The molecular formula is C15H20N4O2S. The third-order valence-electron chi connectivity index (χ3n) is 3.93. The highest BCUT2D eigenvalue weighted by Gasteiger charge is 2.32. The smallest absolute Gasteiger partial charge is 0.292 e. The molecule has 22 heavy (non-hydrogen) atoms. The molecule has 118 valence electrons. The van der Waals surface area contributed by atoms with Crippen molar-refractivity contribution >= 4 is 28.3 Å². The summed E-state index contributed by atoms with van der Waals surface area (Å²) < 4.78 is 0.185. The largest absolute Gasteiger partial charge is 0.362 e. The number of benzene rings is 1. The number of rotatable bonds is 2. The van der Waals surface area contributed by atoms with Gasteiger partial charge in [-0.2, -0.15) is 0 Å². The summed E-state index contributed by atoms with van der Waals surface area (Å²) in [6.45, 7) is 8.55. The molecule has 2 heterocycles. The van der Waals surface area contributed by atoms with E-state index in [-0.39, 0.29) is 15.4 Å². The molecule has 2 aliphatic heterocycles. The van der Waals surface area contributed by atoms with Crippen LogP contribution in [-0.2, 0) is 0 Å². The van der Waals surface area contributed by atoms with Crippen LogP contribution in [0.5, 0.6) is 0 Å². The Balaban J connectivity index is 1.67. The van der Waals surface area contributed by atoms with Gasteiger partial charge in [0, 0.05) is 37.0 Å². The van der Waals surface area contributed by atoms with E-state index in [1.165, 1.54) is 0 Å². The van der Waals surface area contributed by atoms with Crippen LogP contribution >= 0.6 is 11.8 Å². The SMILES string of the molecule is CC1(C)CN=C(N2CCN(c3ccccc3[N+](=O)[O-])CC2)S1. The number of thioether (sulfide) groups is 1. The molecular weight excluding hydrogens is 300 g/mol. The fourth-order valence-electron chi connectivity index (χ4n) is 2.76. The number of anilines is 1. The first-order valence-electron chi connectivity index (χ1n) is 7.43.